The Labute approximate surface area is 103 Å². The maximum absolute atomic E-state index is 12.0. The van der Waals surface area contributed by atoms with Crippen molar-refractivity contribution in [2.45, 2.75) is 17.6 Å². The third-order valence-electron chi connectivity index (χ3n) is 2.05. The third kappa shape index (κ3) is 4.63. The molecule has 0 saturated heterocycles. The average Bonchev–Trinajstić information content (AvgIpc) is 2.27. The van der Waals surface area contributed by atoms with Crippen molar-refractivity contribution < 1.29 is 21.6 Å². The summed E-state index contributed by atoms with van der Waals surface area (Å²) >= 11 is 0. The molecule has 0 aliphatic heterocycles. The first-order valence-electron chi connectivity index (χ1n) is 5.04. The lowest BCUT2D eigenvalue weighted by Crippen LogP contribution is -2.33. The normalized spacial score (nSPS) is 12.7. The minimum Gasteiger partial charge on any atom is -0.316 e. The van der Waals surface area contributed by atoms with E-state index in [1.807, 2.05) is 0 Å². The topological polar surface area (TPSA) is 58.2 Å². The van der Waals surface area contributed by atoms with Crippen LogP contribution in [0.15, 0.2) is 29.2 Å². The van der Waals surface area contributed by atoms with Gasteiger partial charge in [-0.1, -0.05) is 12.1 Å². The second kappa shape index (κ2) is 5.68. The van der Waals surface area contributed by atoms with Gasteiger partial charge in [0.25, 0.3) is 0 Å². The van der Waals surface area contributed by atoms with Crippen LogP contribution in [0.1, 0.15) is 5.56 Å². The zero-order valence-corrected chi connectivity index (χ0v) is 10.4. The van der Waals surface area contributed by atoms with Crippen LogP contribution in [0.5, 0.6) is 0 Å². The number of halogens is 3. The van der Waals surface area contributed by atoms with Crippen LogP contribution >= 0.6 is 0 Å². The van der Waals surface area contributed by atoms with E-state index in [1.165, 1.54) is 22.9 Å². The lowest BCUT2D eigenvalue weighted by atomic mass is 10.2. The number of hydrogen-bond acceptors (Lipinski definition) is 3. The van der Waals surface area contributed by atoms with Crippen molar-refractivity contribution in [2.75, 3.05) is 13.6 Å². The summed E-state index contributed by atoms with van der Waals surface area (Å²) in [6, 6.07) is 5.74. The summed E-state index contributed by atoms with van der Waals surface area (Å²) in [5.41, 5.74) is 0.674. The summed E-state index contributed by atoms with van der Waals surface area (Å²) in [5, 5.41) is 2.82. The zero-order valence-electron chi connectivity index (χ0n) is 9.58. The number of benzene rings is 1. The monoisotopic (exact) mass is 282 g/mol. The number of sulfonamides is 1. The first-order chi connectivity index (χ1) is 8.24. The van der Waals surface area contributed by atoms with Gasteiger partial charge in [-0.3, -0.25) is 0 Å². The summed E-state index contributed by atoms with van der Waals surface area (Å²) < 4.78 is 60.6. The second-order valence-corrected chi connectivity index (χ2v) is 5.38. The van der Waals surface area contributed by atoms with Crippen molar-refractivity contribution in [3.05, 3.63) is 29.8 Å². The highest BCUT2D eigenvalue weighted by Crippen LogP contribution is 2.16. The van der Waals surface area contributed by atoms with Crippen molar-refractivity contribution >= 4 is 10.0 Å². The Morgan fingerprint density at radius 2 is 1.94 bits per heavy atom. The van der Waals surface area contributed by atoms with E-state index in [2.05, 4.69) is 5.32 Å². The molecule has 0 saturated carbocycles. The van der Waals surface area contributed by atoms with Gasteiger partial charge in [0.1, 0.15) is 6.54 Å². The van der Waals surface area contributed by atoms with E-state index in [-0.39, 0.29) is 4.90 Å². The van der Waals surface area contributed by atoms with Gasteiger partial charge in [-0.2, -0.15) is 13.2 Å². The van der Waals surface area contributed by atoms with E-state index >= 15 is 0 Å². The summed E-state index contributed by atoms with van der Waals surface area (Å²) in [6.45, 7) is -1.14. The molecule has 1 aromatic rings. The minimum atomic E-state index is -4.57. The fourth-order valence-corrected chi connectivity index (χ4v) is 2.37. The Kier molecular flexibility index (Phi) is 4.71. The van der Waals surface area contributed by atoms with Crippen molar-refractivity contribution in [1.29, 1.82) is 0 Å². The van der Waals surface area contributed by atoms with Crippen LogP contribution in [-0.4, -0.2) is 28.2 Å². The number of rotatable bonds is 5. The quantitative estimate of drug-likeness (QED) is 0.854. The van der Waals surface area contributed by atoms with Gasteiger partial charge in [-0.05, 0) is 24.7 Å². The van der Waals surface area contributed by atoms with Crippen LogP contribution in [-0.2, 0) is 16.6 Å². The van der Waals surface area contributed by atoms with Crippen LogP contribution in [0.25, 0.3) is 0 Å². The number of hydrogen-bond donors (Lipinski definition) is 2. The fraction of sp³-hybridized carbons (Fsp3) is 0.400. The molecule has 4 nitrogen and oxygen atoms in total. The molecule has 0 unspecified atom stereocenters. The van der Waals surface area contributed by atoms with Gasteiger partial charge in [0.15, 0.2) is 0 Å². The molecule has 0 amide bonds. The highest BCUT2D eigenvalue weighted by Gasteiger charge is 2.30. The van der Waals surface area contributed by atoms with Gasteiger partial charge in [-0.25, -0.2) is 13.1 Å². The standard InChI is InChI=1S/C10H13F3N2O2S/c1-14-6-8-3-2-4-9(5-8)18(16,17)15-7-10(11,12)13/h2-5,14-15H,6-7H2,1H3. The average molecular weight is 282 g/mol. The summed E-state index contributed by atoms with van der Waals surface area (Å²) in [4.78, 5) is -0.181. The van der Waals surface area contributed by atoms with Crippen LogP contribution < -0.4 is 10.0 Å². The predicted molar refractivity (Wildman–Crippen MR) is 60.4 cm³/mol. The molecule has 0 fully saturated rings. The van der Waals surface area contributed by atoms with Crippen molar-refractivity contribution in [1.82, 2.24) is 10.0 Å². The van der Waals surface area contributed by atoms with Crippen molar-refractivity contribution in [3.8, 4) is 0 Å². The molecular weight excluding hydrogens is 269 g/mol. The van der Waals surface area contributed by atoms with Gasteiger partial charge in [0.2, 0.25) is 10.0 Å². The van der Waals surface area contributed by atoms with E-state index in [0.29, 0.717) is 12.1 Å². The van der Waals surface area contributed by atoms with Gasteiger partial charge in [0.05, 0.1) is 4.90 Å². The third-order valence-corrected chi connectivity index (χ3v) is 3.45. The van der Waals surface area contributed by atoms with Crippen molar-refractivity contribution in [2.24, 2.45) is 0 Å². The molecule has 0 aliphatic rings. The molecule has 18 heavy (non-hydrogen) atoms. The molecule has 2 N–H and O–H groups in total. The van der Waals surface area contributed by atoms with Crippen LogP contribution in [0.2, 0.25) is 0 Å². The highest BCUT2D eigenvalue weighted by molar-refractivity contribution is 7.89. The van der Waals surface area contributed by atoms with E-state index in [1.54, 1.807) is 13.1 Å². The molecule has 0 bridgehead atoms. The summed E-state index contributed by atoms with van der Waals surface area (Å²) in [7, 11) is -2.45. The molecule has 0 spiro atoms. The van der Waals surface area contributed by atoms with Crippen LogP contribution in [0, 0.1) is 0 Å². The Morgan fingerprint density at radius 3 is 2.50 bits per heavy atom. The molecule has 1 aromatic carbocycles. The lowest BCUT2D eigenvalue weighted by Gasteiger charge is -2.10. The van der Waals surface area contributed by atoms with E-state index in [9.17, 15) is 21.6 Å². The molecule has 8 heteroatoms. The lowest BCUT2D eigenvalue weighted by molar-refractivity contribution is -0.121. The van der Waals surface area contributed by atoms with Crippen molar-refractivity contribution in [3.63, 3.8) is 0 Å². The van der Waals surface area contributed by atoms with Gasteiger partial charge in [-0.15, -0.1) is 0 Å². The van der Waals surface area contributed by atoms with Crippen LogP contribution in [0.4, 0.5) is 13.2 Å². The Morgan fingerprint density at radius 1 is 1.28 bits per heavy atom. The minimum absolute atomic E-state index is 0.181. The highest BCUT2D eigenvalue weighted by atomic mass is 32.2. The summed E-state index contributed by atoms with van der Waals surface area (Å²) in [5.74, 6) is 0. The smallest absolute Gasteiger partial charge is 0.316 e. The zero-order chi connectivity index (χ0) is 13.8. The maximum atomic E-state index is 12.0. The number of alkyl halides is 3. The first-order valence-corrected chi connectivity index (χ1v) is 6.53. The second-order valence-electron chi connectivity index (χ2n) is 3.62. The Hall–Kier alpha value is -1.12. The molecule has 0 aromatic heterocycles. The largest absolute Gasteiger partial charge is 0.402 e. The molecular formula is C10H13F3N2O2S. The fourth-order valence-electron chi connectivity index (χ4n) is 1.29. The SMILES string of the molecule is CNCc1cccc(S(=O)(=O)NCC(F)(F)F)c1. The summed E-state index contributed by atoms with van der Waals surface area (Å²) in [6.07, 6.45) is -4.57. The molecule has 1 rings (SSSR count). The number of nitrogens with one attached hydrogen (secondary N) is 2. The predicted octanol–water partition coefficient (Wildman–Crippen LogP) is 1.25. The molecule has 0 aliphatic carbocycles. The molecule has 102 valence electrons. The van der Waals surface area contributed by atoms with Gasteiger partial charge < -0.3 is 5.32 Å². The van der Waals surface area contributed by atoms with Gasteiger partial charge >= 0.3 is 6.18 Å². The molecule has 0 radical (unpaired) electrons. The van der Waals surface area contributed by atoms with E-state index in [4.69, 9.17) is 0 Å². The maximum Gasteiger partial charge on any atom is 0.402 e. The van der Waals surface area contributed by atoms with E-state index in [0.717, 1.165) is 0 Å². The Balaban J connectivity index is 2.88. The van der Waals surface area contributed by atoms with E-state index < -0.39 is 22.7 Å². The van der Waals surface area contributed by atoms with Gasteiger partial charge in [0, 0.05) is 6.54 Å². The Bertz CT molecular complexity index is 500. The molecule has 0 heterocycles. The van der Waals surface area contributed by atoms with Crippen LogP contribution in [0.3, 0.4) is 0 Å². The molecule has 0 atom stereocenters. The first kappa shape index (κ1) is 14.9.